The third kappa shape index (κ3) is 5.17. The van der Waals surface area contributed by atoms with Gasteiger partial charge >= 0.3 is 0 Å². The van der Waals surface area contributed by atoms with E-state index in [0.29, 0.717) is 36.9 Å². The van der Waals surface area contributed by atoms with Gasteiger partial charge in [0.15, 0.2) is 0 Å². The topological polar surface area (TPSA) is 106 Å². The Hall–Kier alpha value is -2.72. The number of carbonyl (C=O) groups is 1. The van der Waals surface area contributed by atoms with Crippen molar-refractivity contribution >= 4 is 34.4 Å². The van der Waals surface area contributed by atoms with Gasteiger partial charge in [0.2, 0.25) is 5.91 Å². The number of anilines is 1. The molecule has 0 saturated carbocycles. The highest BCUT2D eigenvalue weighted by atomic mass is 32.2. The average molecular weight is 481 g/mol. The molecule has 1 saturated heterocycles. The molecule has 0 spiro atoms. The normalized spacial score (nSPS) is 21.1. The molecule has 4 heterocycles. The second kappa shape index (κ2) is 10.3. The predicted molar refractivity (Wildman–Crippen MR) is 131 cm³/mol. The van der Waals surface area contributed by atoms with Gasteiger partial charge in [-0.05, 0) is 42.7 Å². The number of benzene rings is 1. The number of hydrogen-bond acceptors (Lipinski definition) is 8. The summed E-state index contributed by atoms with van der Waals surface area (Å²) < 4.78 is 11.4. The molecule has 34 heavy (non-hydrogen) atoms. The summed E-state index contributed by atoms with van der Waals surface area (Å²) in [5.74, 6) is 1.76. The zero-order chi connectivity index (χ0) is 23.5. The lowest BCUT2D eigenvalue weighted by molar-refractivity contribution is -0.113. The molecule has 1 amide bonds. The van der Waals surface area contributed by atoms with Crippen LogP contribution in [0.15, 0.2) is 47.5 Å². The number of nitrogens with one attached hydrogen (secondary N) is 2. The third-order valence-corrected chi connectivity index (χ3v) is 7.35. The lowest BCUT2D eigenvalue weighted by atomic mass is 9.95. The van der Waals surface area contributed by atoms with Crippen LogP contribution in [-0.4, -0.2) is 58.7 Å². The maximum Gasteiger partial charge on any atom is 0.235 e. The summed E-state index contributed by atoms with van der Waals surface area (Å²) >= 11 is 1.51. The van der Waals surface area contributed by atoms with Gasteiger partial charge in [0, 0.05) is 24.4 Å². The van der Waals surface area contributed by atoms with Crippen LogP contribution in [0.3, 0.4) is 0 Å². The maximum atomic E-state index is 11.6. The van der Waals surface area contributed by atoms with Crippen molar-refractivity contribution < 1.29 is 19.4 Å². The maximum absolute atomic E-state index is 11.6. The van der Waals surface area contributed by atoms with E-state index in [2.05, 4.69) is 20.6 Å². The number of aromatic nitrogens is 2. The largest absolute Gasteiger partial charge is 0.495 e. The van der Waals surface area contributed by atoms with Crippen LogP contribution in [0.2, 0.25) is 0 Å². The van der Waals surface area contributed by atoms with E-state index in [1.165, 1.54) is 11.8 Å². The minimum absolute atomic E-state index is 0.0145. The highest BCUT2D eigenvalue weighted by Crippen LogP contribution is 2.30. The number of aliphatic hydroxyl groups is 1. The molecule has 5 rings (SSSR count). The third-order valence-electron chi connectivity index (χ3n) is 6.30. The van der Waals surface area contributed by atoms with Gasteiger partial charge in [-0.25, -0.2) is 4.98 Å². The Bertz CT molecular complexity index is 1180. The van der Waals surface area contributed by atoms with Crippen LogP contribution in [0, 0.1) is 0 Å². The summed E-state index contributed by atoms with van der Waals surface area (Å²) in [5.41, 5.74) is 2.79. The lowest BCUT2D eigenvalue weighted by Crippen LogP contribution is -2.44. The van der Waals surface area contributed by atoms with Crippen molar-refractivity contribution in [3.05, 3.63) is 53.9 Å². The van der Waals surface area contributed by atoms with E-state index >= 15 is 0 Å². The van der Waals surface area contributed by atoms with E-state index in [-0.39, 0.29) is 18.1 Å². The van der Waals surface area contributed by atoms with Crippen LogP contribution in [0.5, 0.6) is 5.75 Å². The molecule has 0 aliphatic carbocycles. The summed E-state index contributed by atoms with van der Waals surface area (Å²) in [5, 5.41) is 18.2. The van der Waals surface area contributed by atoms with Crippen molar-refractivity contribution in [1.29, 1.82) is 0 Å². The minimum Gasteiger partial charge on any atom is -0.495 e. The molecule has 3 aromatic rings. The Morgan fingerprint density at radius 3 is 3.06 bits per heavy atom. The van der Waals surface area contributed by atoms with Crippen LogP contribution in [0.1, 0.15) is 24.1 Å². The SMILES string of the molecule is COc1cnc2cccc(C[C@H](O)[C@@H]3CC[C@@H](NCc4ccc5c(n4)NC(=O)CS5)CO3)c2c1. The van der Waals surface area contributed by atoms with Crippen molar-refractivity contribution in [3.8, 4) is 5.75 Å². The Labute approximate surface area is 202 Å². The van der Waals surface area contributed by atoms with Crippen molar-refractivity contribution in [2.45, 2.75) is 49.0 Å². The van der Waals surface area contributed by atoms with Gasteiger partial charge in [-0.1, -0.05) is 12.1 Å². The van der Waals surface area contributed by atoms with Gasteiger partial charge in [-0.15, -0.1) is 11.8 Å². The molecule has 2 aliphatic heterocycles. The van der Waals surface area contributed by atoms with E-state index in [9.17, 15) is 9.90 Å². The van der Waals surface area contributed by atoms with Crippen LogP contribution < -0.4 is 15.4 Å². The first-order valence-electron chi connectivity index (χ1n) is 11.5. The second-order valence-corrected chi connectivity index (χ2v) is 9.66. The number of carbonyl (C=O) groups excluding carboxylic acids is 1. The number of ether oxygens (including phenoxy) is 2. The van der Waals surface area contributed by atoms with Crippen LogP contribution in [-0.2, 0) is 22.5 Å². The first kappa shape index (κ1) is 23.0. The van der Waals surface area contributed by atoms with Gasteiger partial charge in [-0.2, -0.15) is 0 Å². The van der Waals surface area contributed by atoms with Crippen LogP contribution in [0.4, 0.5) is 5.82 Å². The molecule has 2 aromatic heterocycles. The van der Waals surface area contributed by atoms with Gasteiger partial charge in [0.25, 0.3) is 0 Å². The van der Waals surface area contributed by atoms with Crippen molar-refractivity contribution in [3.63, 3.8) is 0 Å². The average Bonchev–Trinajstić information content (AvgIpc) is 2.87. The summed E-state index contributed by atoms with van der Waals surface area (Å²) in [6.45, 7) is 1.13. The molecule has 2 aliphatic rings. The van der Waals surface area contributed by atoms with Gasteiger partial charge in [-0.3, -0.25) is 9.78 Å². The summed E-state index contributed by atoms with van der Waals surface area (Å²) in [6, 6.07) is 12.1. The molecule has 8 nitrogen and oxygen atoms in total. The first-order valence-corrected chi connectivity index (χ1v) is 12.4. The fourth-order valence-electron chi connectivity index (χ4n) is 4.43. The zero-order valence-electron chi connectivity index (χ0n) is 19.0. The van der Waals surface area contributed by atoms with Gasteiger partial charge in [0.05, 0.1) is 54.0 Å². The van der Waals surface area contributed by atoms with Crippen LogP contribution >= 0.6 is 11.8 Å². The monoisotopic (exact) mass is 480 g/mol. The van der Waals surface area contributed by atoms with E-state index in [0.717, 1.165) is 39.9 Å². The molecule has 0 bridgehead atoms. The van der Waals surface area contributed by atoms with E-state index in [1.54, 1.807) is 13.3 Å². The van der Waals surface area contributed by atoms with E-state index in [4.69, 9.17) is 9.47 Å². The summed E-state index contributed by atoms with van der Waals surface area (Å²) in [6.07, 6.45) is 3.08. The smallest absolute Gasteiger partial charge is 0.235 e. The number of thioether (sulfide) groups is 1. The zero-order valence-corrected chi connectivity index (χ0v) is 19.8. The molecular formula is C25H28N4O4S. The van der Waals surface area contributed by atoms with Gasteiger partial charge in [0.1, 0.15) is 11.6 Å². The first-order chi connectivity index (χ1) is 16.6. The number of methoxy groups -OCH3 is 1. The van der Waals surface area contributed by atoms with E-state index in [1.807, 2.05) is 36.4 Å². The molecule has 3 atom stereocenters. The molecule has 1 fully saturated rings. The Morgan fingerprint density at radius 1 is 1.32 bits per heavy atom. The number of hydrogen-bond donors (Lipinski definition) is 3. The lowest BCUT2D eigenvalue weighted by Gasteiger charge is -2.32. The predicted octanol–water partition coefficient (Wildman–Crippen LogP) is 2.92. The molecule has 0 radical (unpaired) electrons. The number of aliphatic hydroxyl groups excluding tert-OH is 1. The highest BCUT2D eigenvalue weighted by molar-refractivity contribution is 8.00. The Kier molecular flexibility index (Phi) is 6.96. The number of nitrogens with zero attached hydrogens (tertiary/aromatic N) is 2. The fraction of sp³-hybridized carbons (Fsp3) is 0.400. The van der Waals surface area contributed by atoms with Gasteiger partial charge < -0.3 is 25.2 Å². The second-order valence-electron chi connectivity index (χ2n) is 8.64. The fourth-order valence-corrected chi connectivity index (χ4v) is 5.18. The summed E-state index contributed by atoms with van der Waals surface area (Å²) in [7, 11) is 1.62. The molecule has 3 N–H and O–H groups in total. The Morgan fingerprint density at radius 2 is 2.24 bits per heavy atom. The van der Waals surface area contributed by atoms with E-state index < -0.39 is 6.10 Å². The number of fused-ring (bicyclic) bond motifs is 2. The standard InChI is InChI=1S/C25H28N4O4S/c1-32-18-10-19-15(3-2-4-20(19)27-12-18)9-21(30)22-7-5-17(13-33-22)26-11-16-6-8-23-25(28-16)29-24(31)14-34-23/h2-4,6,8,10,12,17,21-22,26,30H,5,7,9,11,13-14H2,1H3,(H,28,29,31)/t17-,21+,22+/m1/s1. The molecule has 0 unspecified atom stereocenters. The summed E-state index contributed by atoms with van der Waals surface area (Å²) in [4.78, 5) is 21.6. The Balaban J connectivity index is 1.14. The number of rotatable bonds is 7. The number of pyridine rings is 2. The quantitative estimate of drug-likeness (QED) is 0.474. The minimum atomic E-state index is -0.596. The van der Waals surface area contributed by atoms with Crippen molar-refractivity contribution in [2.24, 2.45) is 0 Å². The molecule has 1 aromatic carbocycles. The van der Waals surface area contributed by atoms with Crippen molar-refractivity contribution in [1.82, 2.24) is 15.3 Å². The molecular weight excluding hydrogens is 452 g/mol. The highest BCUT2D eigenvalue weighted by Gasteiger charge is 2.28. The molecule has 9 heteroatoms. The molecule has 178 valence electrons. The van der Waals surface area contributed by atoms with Crippen LogP contribution in [0.25, 0.3) is 10.9 Å². The number of amides is 1. The van der Waals surface area contributed by atoms with Crippen molar-refractivity contribution in [2.75, 3.05) is 24.8 Å².